The maximum Gasteiger partial charge on any atom is 0.241 e. The van der Waals surface area contributed by atoms with Gasteiger partial charge in [0.15, 0.2) is 0 Å². The van der Waals surface area contributed by atoms with Crippen LogP contribution in [0.3, 0.4) is 0 Å². The zero-order valence-corrected chi connectivity index (χ0v) is 16.2. The first-order chi connectivity index (χ1) is 12.8. The molecule has 9 heteroatoms. The minimum atomic E-state index is -1.47. The van der Waals surface area contributed by atoms with Gasteiger partial charge in [0.1, 0.15) is 18.5 Å². The standard InChI is InChI=1S/C18H34N2O7/c1-2-3-8-12-17(22)16(20(26)27)14-18(23)15(19(24)25)11-9-6-4-5-7-10-13-21/h13,15-18,22-23H,2-12,14H2,1H3. The van der Waals surface area contributed by atoms with Gasteiger partial charge in [-0.25, -0.2) is 0 Å². The fourth-order valence-electron chi connectivity index (χ4n) is 3.13. The van der Waals surface area contributed by atoms with E-state index >= 15 is 0 Å². The predicted molar refractivity (Wildman–Crippen MR) is 101 cm³/mol. The van der Waals surface area contributed by atoms with Crippen LogP contribution in [-0.4, -0.2) is 50.6 Å². The third-order valence-corrected chi connectivity index (χ3v) is 4.84. The van der Waals surface area contributed by atoms with E-state index in [1.165, 1.54) is 0 Å². The molecule has 0 aliphatic heterocycles. The van der Waals surface area contributed by atoms with Crippen molar-refractivity contribution in [2.24, 2.45) is 0 Å². The molecule has 0 rings (SSSR count). The Kier molecular flexibility index (Phi) is 14.5. The lowest BCUT2D eigenvalue weighted by Gasteiger charge is -2.21. The van der Waals surface area contributed by atoms with E-state index in [0.29, 0.717) is 19.3 Å². The Hall–Kier alpha value is -1.61. The molecule has 0 aromatic heterocycles. The van der Waals surface area contributed by atoms with Crippen molar-refractivity contribution in [3.8, 4) is 0 Å². The Balaban J connectivity index is 4.51. The molecule has 0 aliphatic rings. The van der Waals surface area contributed by atoms with Crippen molar-refractivity contribution in [2.45, 2.75) is 108 Å². The van der Waals surface area contributed by atoms with Gasteiger partial charge in [-0.1, -0.05) is 45.4 Å². The molecular weight excluding hydrogens is 356 g/mol. The summed E-state index contributed by atoms with van der Waals surface area (Å²) in [4.78, 5) is 31.5. The summed E-state index contributed by atoms with van der Waals surface area (Å²) in [5.41, 5.74) is 0. The third kappa shape index (κ3) is 11.7. The van der Waals surface area contributed by atoms with Crippen LogP contribution < -0.4 is 0 Å². The van der Waals surface area contributed by atoms with Gasteiger partial charge in [0.2, 0.25) is 12.1 Å². The van der Waals surface area contributed by atoms with Crippen LogP contribution >= 0.6 is 0 Å². The molecule has 2 N–H and O–H groups in total. The molecule has 158 valence electrons. The van der Waals surface area contributed by atoms with Gasteiger partial charge in [0.25, 0.3) is 0 Å². The predicted octanol–water partition coefficient (Wildman–Crippen LogP) is 2.90. The number of nitro groups is 2. The highest BCUT2D eigenvalue weighted by molar-refractivity contribution is 5.48. The number of nitrogens with zero attached hydrogens (tertiary/aromatic N) is 2. The Morgan fingerprint density at radius 3 is 1.93 bits per heavy atom. The average molecular weight is 390 g/mol. The van der Waals surface area contributed by atoms with Crippen molar-refractivity contribution in [2.75, 3.05) is 0 Å². The van der Waals surface area contributed by atoms with Crippen molar-refractivity contribution in [1.29, 1.82) is 0 Å². The zero-order chi connectivity index (χ0) is 20.7. The van der Waals surface area contributed by atoms with Gasteiger partial charge in [-0.15, -0.1) is 0 Å². The van der Waals surface area contributed by atoms with E-state index in [2.05, 4.69) is 0 Å². The molecule has 0 aliphatic carbocycles. The number of carbonyl (C=O) groups excluding carboxylic acids is 1. The van der Waals surface area contributed by atoms with Gasteiger partial charge >= 0.3 is 0 Å². The number of aliphatic hydroxyl groups excluding tert-OH is 2. The lowest BCUT2D eigenvalue weighted by atomic mass is 9.94. The second-order valence-electron chi connectivity index (χ2n) is 7.08. The number of hydrogen-bond acceptors (Lipinski definition) is 7. The molecule has 9 nitrogen and oxygen atoms in total. The molecule has 0 bridgehead atoms. The molecule has 27 heavy (non-hydrogen) atoms. The Bertz CT molecular complexity index is 434. The van der Waals surface area contributed by atoms with Crippen molar-refractivity contribution in [1.82, 2.24) is 0 Å². The van der Waals surface area contributed by atoms with Crippen molar-refractivity contribution >= 4 is 6.29 Å². The normalized spacial score (nSPS) is 15.7. The van der Waals surface area contributed by atoms with Gasteiger partial charge < -0.3 is 15.0 Å². The second kappa shape index (κ2) is 15.4. The number of aliphatic hydroxyl groups is 2. The first-order valence-electron chi connectivity index (χ1n) is 9.91. The molecule has 0 aromatic rings. The average Bonchev–Trinajstić information content (AvgIpc) is 2.61. The Morgan fingerprint density at radius 2 is 1.37 bits per heavy atom. The number of aldehydes is 1. The molecule has 0 spiro atoms. The number of carbonyl (C=O) groups is 1. The summed E-state index contributed by atoms with van der Waals surface area (Å²) < 4.78 is 0. The monoisotopic (exact) mass is 390 g/mol. The van der Waals surface area contributed by atoms with Crippen LogP contribution in [0, 0.1) is 20.2 Å². The van der Waals surface area contributed by atoms with E-state index in [1.54, 1.807) is 0 Å². The quantitative estimate of drug-likeness (QED) is 0.158. The van der Waals surface area contributed by atoms with Crippen LogP contribution in [0.4, 0.5) is 0 Å². The summed E-state index contributed by atoms with van der Waals surface area (Å²) in [6.07, 6.45) is 4.84. The number of hydrogen-bond donors (Lipinski definition) is 2. The molecule has 4 unspecified atom stereocenters. The van der Waals surface area contributed by atoms with Gasteiger partial charge in [0, 0.05) is 22.7 Å². The maximum atomic E-state index is 11.3. The van der Waals surface area contributed by atoms with Gasteiger partial charge in [0.05, 0.1) is 6.42 Å². The molecule has 0 saturated heterocycles. The minimum Gasteiger partial charge on any atom is -0.386 e. The zero-order valence-electron chi connectivity index (χ0n) is 16.2. The van der Waals surface area contributed by atoms with Crippen LogP contribution in [0.25, 0.3) is 0 Å². The summed E-state index contributed by atoms with van der Waals surface area (Å²) in [6, 6.07) is -2.67. The second-order valence-corrected chi connectivity index (χ2v) is 7.08. The summed E-state index contributed by atoms with van der Waals surface area (Å²) in [6.45, 7) is 1.98. The molecule has 4 atom stereocenters. The van der Waals surface area contributed by atoms with Crippen molar-refractivity contribution in [3.05, 3.63) is 20.2 Å². The molecule has 0 radical (unpaired) electrons. The highest BCUT2D eigenvalue weighted by atomic mass is 16.6. The maximum absolute atomic E-state index is 11.3. The minimum absolute atomic E-state index is 0.137. The molecule has 0 heterocycles. The largest absolute Gasteiger partial charge is 0.386 e. The van der Waals surface area contributed by atoms with Crippen molar-refractivity contribution < 1.29 is 24.9 Å². The highest BCUT2D eigenvalue weighted by Crippen LogP contribution is 2.19. The lowest BCUT2D eigenvalue weighted by molar-refractivity contribution is -0.554. The van der Waals surface area contributed by atoms with Crippen LogP contribution in [0.5, 0.6) is 0 Å². The van der Waals surface area contributed by atoms with Crippen molar-refractivity contribution in [3.63, 3.8) is 0 Å². The first kappa shape index (κ1) is 25.4. The molecule has 0 aromatic carbocycles. The first-order valence-corrected chi connectivity index (χ1v) is 9.91. The molecular formula is C18H34N2O7. The van der Waals surface area contributed by atoms with Gasteiger partial charge in [-0.2, -0.15) is 0 Å². The van der Waals surface area contributed by atoms with Gasteiger partial charge in [-0.3, -0.25) is 20.2 Å². The van der Waals surface area contributed by atoms with E-state index in [9.17, 15) is 35.2 Å². The summed E-state index contributed by atoms with van der Waals surface area (Å²) in [5, 5.41) is 42.7. The van der Waals surface area contributed by atoms with Crippen LogP contribution in [0.15, 0.2) is 0 Å². The van der Waals surface area contributed by atoms with Gasteiger partial charge in [-0.05, 0) is 19.3 Å². The number of unbranched alkanes of at least 4 members (excludes halogenated alkanes) is 7. The number of rotatable bonds is 18. The smallest absolute Gasteiger partial charge is 0.241 e. The topological polar surface area (TPSA) is 144 Å². The van der Waals surface area contributed by atoms with E-state index in [1.807, 2.05) is 6.92 Å². The summed E-state index contributed by atoms with van der Waals surface area (Å²) >= 11 is 0. The summed E-state index contributed by atoms with van der Waals surface area (Å²) in [7, 11) is 0. The van der Waals surface area contributed by atoms with Crippen LogP contribution in [-0.2, 0) is 4.79 Å². The van der Waals surface area contributed by atoms with E-state index in [0.717, 1.165) is 44.8 Å². The SMILES string of the molecule is CCCCCC(O)C(CC(O)C(CCCCCCCC=O)[N+](=O)[O-])[N+](=O)[O-]. The van der Waals surface area contributed by atoms with Crippen LogP contribution in [0.2, 0.25) is 0 Å². The summed E-state index contributed by atoms with van der Waals surface area (Å²) in [5.74, 6) is 0. The van der Waals surface area contributed by atoms with E-state index in [4.69, 9.17) is 0 Å². The molecule has 0 fully saturated rings. The van der Waals surface area contributed by atoms with Crippen LogP contribution in [0.1, 0.15) is 84.0 Å². The Labute approximate surface area is 160 Å². The Morgan fingerprint density at radius 1 is 0.815 bits per heavy atom. The van der Waals surface area contributed by atoms with E-state index < -0.39 is 40.6 Å². The molecule has 0 amide bonds. The fourth-order valence-corrected chi connectivity index (χ4v) is 3.13. The van der Waals surface area contributed by atoms with E-state index in [-0.39, 0.29) is 12.8 Å². The molecule has 0 saturated carbocycles. The third-order valence-electron chi connectivity index (χ3n) is 4.84. The fraction of sp³-hybridized carbons (Fsp3) is 0.944. The lowest BCUT2D eigenvalue weighted by Crippen LogP contribution is -2.42. The highest BCUT2D eigenvalue weighted by Gasteiger charge is 2.38.